The summed E-state index contributed by atoms with van der Waals surface area (Å²) in [6, 6.07) is 3.95. The Labute approximate surface area is 76.8 Å². The number of aryl methyl sites for hydroxylation is 1. The molecule has 11 heavy (non-hydrogen) atoms. The van der Waals surface area contributed by atoms with E-state index in [2.05, 4.69) is 12.6 Å². The van der Waals surface area contributed by atoms with Gasteiger partial charge in [-0.1, -0.05) is 0 Å². The largest absolute Gasteiger partial charge is 0.398 e. The summed E-state index contributed by atoms with van der Waals surface area (Å²) in [5.74, 6) is 0. The van der Waals surface area contributed by atoms with Gasteiger partial charge in [-0.2, -0.15) is 0 Å². The van der Waals surface area contributed by atoms with Crippen molar-refractivity contribution < 1.29 is 0 Å². The van der Waals surface area contributed by atoms with E-state index in [9.17, 15) is 0 Å². The molecule has 0 saturated carbocycles. The molecule has 1 aromatic rings. The Hall–Kier alpha value is -0.280. The van der Waals surface area contributed by atoms with E-state index in [4.69, 9.17) is 5.73 Å². The van der Waals surface area contributed by atoms with Gasteiger partial charge in [-0.05, 0) is 30.9 Å². The van der Waals surface area contributed by atoms with Crippen LogP contribution in [0, 0.1) is 6.92 Å². The average Bonchev–Trinajstić information content (AvgIpc) is 1.96. The van der Waals surface area contributed by atoms with Crippen LogP contribution in [0.25, 0.3) is 0 Å². The molecule has 0 atom stereocenters. The molecule has 0 saturated heterocycles. The molecule has 0 heterocycles. The summed E-state index contributed by atoms with van der Waals surface area (Å²) in [5, 5.41) is 0. The SMILES string of the molecule is CSc1cc(S)cc(C)c1N. The number of nitrogen functional groups attached to an aromatic ring is 1. The molecule has 0 aliphatic carbocycles. The lowest BCUT2D eigenvalue weighted by atomic mass is 10.2. The molecule has 0 fully saturated rings. The van der Waals surface area contributed by atoms with E-state index in [1.165, 1.54) is 0 Å². The lowest BCUT2D eigenvalue weighted by molar-refractivity contribution is 1.28. The topological polar surface area (TPSA) is 26.0 Å². The summed E-state index contributed by atoms with van der Waals surface area (Å²) in [5.41, 5.74) is 7.78. The van der Waals surface area contributed by atoms with Crippen molar-refractivity contribution in [3.8, 4) is 0 Å². The summed E-state index contributed by atoms with van der Waals surface area (Å²) >= 11 is 5.91. The Kier molecular flexibility index (Phi) is 2.73. The number of anilines is 1. The first-order valence-electron chi connectivity index (χ1n) is 3.28. The zero-order valence-electron chi connectivity index (χ0n) is 6.59. The van der Waals surface area contributed by atoms with Gasteiger partial charge in [0.05, 0.1) is 0 Å². The molecular weight excluding hydrogens is 174 g/mol. The molecule has 0 amide bonds. The summed E-state index contributed by atoms with van der Waals surface area (Å²) in [6.07, 6.45) is 2.01. The van der Waals surface area contributed by atoms with Gasteiger partial charge >= 0.3 is 0 Å². The fourth-order valence-electron chi connectivity index (χ4n) is 0.917. The summed E-state index contributed by atoms with van der Waals surface area (Å²) in [7, 11) is 0. The van der Waals surface area contributed by atoms with Gasteiger partial charge in [0.25, 0.3) is 0 Å². The van der Waals surface area contributed by atoms with Gasteiger partial charge in [0.2, 0.25) is 0 Å². The van der Waals surface area contributed by atoms with Crippen molar-refractivity contribution in [3.63, 3.8) is 0 Å². The quantitative estimate of drug-likeness (QED) is 0.399. The zero-order valence-corrected chi connectivity index (χ0v) is 8.30. The third-order valence-corrected chi connectivity index (χ3v) is 2.59. The summed E-state index contributed by atoms with van der Waals surface area (Å²) in [4.78, 5) is 2.08. The highest BCUT2D eigenvalue weighted by Crippen LogP contribution is 2.28. The number of hydrogen-bond acceptors (Lipinski definition) is 3. The maximum atomic E-state index is 5.81. The number of nitrogens with two attached hydrogens (primary N) is 1. The molecule has 0 aromatic heterocycles. The maximum Gasteiger partial charge on any atom is 0.0482 e. The van der Waals surface area contributed by atoms with E-state index < -0.39 is 0 Å². The number of benzene rings is 1. The number of thioether (sulfide) groups is 1. The van der Waals surface area contributed by atoms with Gasteiger partial charge in [-0.3, -0.25) is 0 Å². The zero-order chi connectivity index (χ0) is 8.43. The second-order valence-corrected chi connectivity index (χ2v) is 3.74. The fourth-order valence-corrected chi connectivity index (χ4v) is 1.95. The van der Waals surface area contributed by atoms with E-state index >= 15 is 0 Å². The van der Waals surface area contributed by atoms with E-state index in [1.807, 2.05) is 25.3 Å². The van der Waals surface area contributed by atoms with E-state index in [0.29, 0.717) is 0 Å². The highest BCUT2D eigenvalue weighted by Gasteiger charge is 2.01. The molecule has 1 aromatic carbocycles. The van der Waals surface area contributed by atoms with E-state index in [-0.39, 0.29) is 0 Å². The van der Waals surface area contributed by atoms with Crippen LogP contribution in [0.1, 0.15) is 5.56 Å². The summed E-state index contributed by atoms with van der Waals surface area (Å²) < 4.78 is 0. The van der Waals surface area contributed by atoms with E-state index in [1.54, 1.807) is 11.8 Å². The Bertz CT molecular complexity index is 271. The van der Waals surface area contributed by atoms with Gasteiger partial charge in [0.15, 0.2) is 0 Å². The fraction of sp³-hybridized carbons (Fsp3) is 0.250. The molecule has 2 N–H and O–H groups in total. The van der Waals surface area contributed by atoms with Gasteiger partial charge in [-0.25, -0.2) is 0 Å². The monoisotopic (exact) mass is 185 g/mol. The highest BCUT2D eigenvalue weighted by molar-refractivity contribution is 7.98. The minimum absolute atomic E-state index is 0.871. The predicted molar refractivity (Wildman–Crippen MR) is 54.6 cm³/mol. The van der Waals surface area contributed by atoms with Crippen LogP contribution in [-0.4, -0.2) is 6.26 Å². The molecule has 0 radical (unpaired) electrons. The molecule has 0 bridgehead atoms. The van der Waals surface area contributed by atoms with Crippen molar-refractivity contribution in [1.82, 2.24) is 0 Å². The molecule has 0 spiro atoms. The number of rotatable bonds is 1. The third-order valence-electron chi connectivity index (χ3n) is 1.55. The van der Waals surface area contributed by atoms with Gasteiger partial charge in [-0.15, -0.1) is 24.4 Å². The van der Waals surface area contributed by atoms with Crippen LogP contribution in [-0.2, 0) is 0 Å². The lowest BCUT2D eigenvalue weighted by Crippen LogP contribution is -1.92. The molecule has 0 aliphatic heterocycles. The van der Waals surface area contributed by atoms with Crippen LogP contribution in [0.5, 0.6) is 0 Å². The number of thiol groups is 1. The minimum atomic E-state index is 0.871. The van der Waals surface area contributed by atoms with Crippen LogP contribution in [0.2, 0.25) is 0 Å². The maximum absolute atomic E-state index is 5.81. The highest BCUT2D eigenvalue weighted by atomic mass is 32.2. The summed E-state index contributed by atoms with van der Waals surface area (Å²) in [6.45, 7) is 1.99. The molecule has 60 valence electrons. The Morgan fingerprint density at radius 3 is 2.64 bits per heavy atom. The van der Waals surface area contributed by atoms with Crippen molar-refractivity contribution in [2.24, 2.45) is 0 Å². The van der Waals surface area contributed by atoms with Crippen molar-refractivity contribution >= 4 is 30.1 Å². The van der Waals surface area contributed by atoms with Crippen LogP contribution < -0.4 is 5.73 Å². The van der Waals surface area contributed by atoms with Gasteiger partial charge in [0, 0.05) is 15.5 Å². The normalized spacial score (nSPS) is 10.1. The molecule has 3 heteroatoms. The smallest absolute Gasteiger partial charge is 0.0482 e. The van der Waals surface area contributed by atoms with Crippen molar-refractivity contribution in [2.45, 2.75) is 16.7 Å². The Balaban J connectivity index is 3.24. The molecule has 1 rings (SSSR count). The van der Waals surface area contributed by atoms with Gasteiger partial charge in [0.1, 0.15) is 0 Å². The first-order chi connectivity index (χ1) is 5.15. The lowest BCUT2D eigenvalue weighted by Gasteiger charge is -2.06. The predicted octanol–water partition coefficient (Wildman–Crippen LogP) is 2.59. The van der Waals surface area contributed by atoms with Crippen molar-refractivity contribution in [3.05, 3.63) is 17.7 Å². The van der Waals surface area contributed by atoms with Crippen LogP contribution in [0.3, 0.4) is 0 Å². The Morgan fingerprint density at radius 1 is 1.45 bits per heavy atom. The van der Waals surface area contributed by atoms with Crippen molar-refractivity contribution in [2.75, 3.05) is 12.0 Å². The second-order valence-electron chi connectivity index (χ2n) is 2.38. The van der Waals surface area contributed by atoms with Crippen LogP contribution >= 0.6 is 24.4 Å². The average molecular weight is 185 g/mol. The van der Waals surface area contributed by atoms with Crippen LogP contribution in [0.4, 0.5) is 5.69 Å². The number of hydrogen-bond donors (Lipinski definition) is 2. The molecular formula is C8H11NS2. The van der Waals surface area contributed by atoms with Gasteiger partial charge < -0.3 is 5.73 Å². The molecule has 1 nitrogen and oxygen atoms in total. The van der Waals surface area contributed by atoms with Crippen LogP contribution in [0.15, 0.2) is 21.9 Å². The first-order valence-corrected chi connectivity index (χ1v) is 4.95. The molecule has 0 aliphatic rings. The van der Waals surface area contributed by atoms with Crippen molar-refractivity contribution in [1.29, 1.82) is 0 Å². The molecule has 0 unspecified atom stereocenters. The third kappa shape index (κ3) is 1.84. The Morgan fingerprint density at radius 2 is 2.09 bits per heavy atom. The first kappa shape index (κ1) is 8.81. The minimum Gasteiger partial charge on any atom is -0.398 e. The van der Waals surface area contributed by atoms with E-state index in [0.717, 1.165) is 21.0 Å². The second kappa shape index (κ2) is 3.41. The standard InChI is InChI=1S/C8H11NS2/c1-5-3-6(10)4-7(11-2)8(5)9/h3-4,10H,9H2,1-2H3.